The van der Waals surface area contributed by atoms with Crippen molar-refractivity contribution in [3.05, 3.63) is 65.5 Å². The topological polar surface area (TPSA) is 74.5 Å². The number of anilines is 1. The highest BCUT2D eigenvalue weighted by atomic mass is 35.5. The molecule has 7 nitrogen and oxygen atoms in total. The van der Waals surface area contributed by atoms with Gasteiger partial charge in [0.05, 0.1) is 0 Å². The van der Waals surface area contributed by atoms with Crippen molar-refractivity contribution < 1.29 is 9.32 Å². The number of amides is 1. The molecule has 0 bridgehead atoms. The Balaban J connectivity index is 1.13. The summed E-state index contributed by atoms with van der Waals surface area (Å²) in [5.41, 5.74) is 2.10. The van der Waals surface area contributed by atoms with E-state index in [0.29, 0.717) is 36.1 Å². The first-order valence-corrected chi connectivity index (χ1v) is 10.9. The molecule has 1 N–H and O–H groups in total. The Kier molecular flexibility index (Phi) is 7.17. The monoisotopic (exact) mass is 439 g/mol. The van der Waals surface area contributed by atoms with Crippen LogP contribution >= 0.6 is 11.6 Å². The molecule has 1 aromatic heterocycles. The zero-order valence-corrected chi connectivity index (χ0v) is 18.1. The molecule has 0 aliphatic carbocycles. The normalized spacial score (nSPS) is 14.5. The number of hydrogen-bond donors (Lipinski definition) is 1. The average molecular weight is 440 g/mol. The standard InChI is InChI=1S/C23H26ClN5O2/c24-19-8-6-18(7-9-19)23-26-22(31-27-23)11-10-21(30)25-12-13-28-14-16-29(17-15-28)20-4-2-1-3-5-20/h1-9H,10-17H2,(H,25,30). The van der Waals surface area contributed by atoms with E-state index in [1.165, 1.54) is 5.69 Å². The van der Waals surface area contributed by atoms with E-state index in [2.05, 4.69) is 49.5 Å². The Bertz CT molecular complexity index is 969. The van der Waals surface area contributed by atoms with Crippen molar-refractivity contribution in [2.45, 2.75) is 12.8 Å². The van der Waals surface area contributed by atoms with Gasteiger partial charge < -0.3 is 14.7 Å². The minimum absolute atomic E-state index is 0.00540. The molecule has 1 fully saturated rings. The predicted molar refractivity (Wildman–Crippen MR) is 121 cm³/mol. The summed E-state index contributed by atoms with van der Waals surface area (Å²) in [6.07, 6.45) is 0.742. The first-order chi connectivity index (χ1) is 15.2. The van der Waals surface area contributed by atoms with Gasteiger partial charge in [-0.2, -0.15) is 4.98 Å². The molecule has 0 unspecified atom stereocenters. The molecule has 1 amide bonds. The van der Waals surface area contributed by atoms with E-state index in [1.54, 1.807) is 12.1 Å². The summed E-state index contributed by atoms with van der Waals surface area (Å²) in [5.74, 6) is 0.952. The predicted octanol–water partition coefficient (Wildman–Crippen LogP) is 3.26. The third kappa shape index (κ3) is 6.06. The van der Waals surface area contributed by atoms with Gasteiger partial charge in [0.1, 0.15) is 0 Å². The highest BCUT2D eigenvalue weighted by molar-refractivity contribution is 6.30. The number of hydrogen-bond acceptors (Lipinski definition) is 6. The zero-order chi connectivity index (χ0) is 21.5. The Morgan fingerprint density at radius 3 is 2.52 bits per heavy atom. The second kappa shape index (κ2) is 10.4. The van der Waals surface area contributed by atoms with Gasteiger partial charge in [-0.15, -0.1) is 0 Å². The number of nitrogens with zero attached hydrogens (tertiary/aromatic N) is 4. The van der Waals surface area contributed by atoms with Gasteiger partial charge in [-0.25, -0.2) is 0 Å². The maximum atomic E-state index is 12.2. The van der Waals surface area contributed by atoms with Crippen LogP contribution in [-0.4, -0.2) is 60.2 Å². The molecule has 2 aromatic carbocycles. The van der Waals surface area contributed by atoms with Gasteiger partial charge in [0.15, 0.2) is 0 Å². The molecule has 162 valence electrons. The summed E-state index contributed by atoms with van der Waals surface area (Å²) in [5, 5.41) is 7.62. The maximum Gasteiger partial charge on any atom is 0.227 e. The van der Waals surface area contributed by atoms with E-state index < -0.39 is 0 Å². The number of benzene rings is 2. The van der Waals surface area contributed by atoms with Crippen LogP contribution in [0.1, 0.15) is 12.3 Å². The fourth-order valence-electron chi connectivity index (χ4n) is 3.60. The van der Waals surface area contributed by atoms with Crippen molar-refractivity contribution >= 4 is 23.2 Å². The lowest BCUT2D eigenvalue weighted by molar-refractivity contribution is -0.121. The number of para-hydroxylation sites is 1. The molecule has 8 heteroatoms. The Labute approximate surface area is 187 Å². The van der Waals surface area contributed by atoms with Crippen molar-refractivity contribution in [3.63, 3.8) is 0 Å². The lowest BCUT2D eigenvalue weighted by Crippen LogP contribution is -2.48. The second-order valence-corrected chi connectivity index (χ2v) is 7.97. The number of rotatable bonds is 8. The molecule has 1 aliphatic heterocycles. The third-order valence-electron chi connectivity index (χ3n) is 5.38. The molecule has 1 saturated heterocycles. The van der Waals surface area contributed by atoms with Crippen molar-refractivity contribution in [1.29, 1.82) is 0 Å². The number of aryl methyl sites for hydroxylation is 1. The molecule has 1 aliphatic rings. The van der Waals surface area contributed by atoms with E-state index in [0.717, 1.165) is 38.3 Å². The van der Waals surface area contributed by atoms with Crippen LogP contribution in [0.25, 0.3) is 11.4 Å². The number of carbonyl (C=O) groups is 1. The molecule has 4 rings (SSSR count). The van der Waals surface area contributed by atoms with Gasteiger partial charge in [-0.05, 0) is 36.4 Å². The Hall–Kier alpha value is -2.90. The summed E-state index contributed by atoms with van der Waals surface area (Å²) < 4.78 is 5.26. The quantitative estimate of drug-likeness (QED) is 0.580. The van der Waals surface area contributed by atoms with E-state index >= 15 is 0 Å². The van der Waals surface area contributed by atoms with Crippen molar-refractivity contribution in [1.82, 2.24) is 20.4 Å². The highest BCUT2D eigenvalue weighted by Crippen LogP contribution is 2.19. The molecule has 31 heavy (non-hydrogen) atoms. The number of halogens is 1. The SMILES string of the molecule is O=C(CCc1nc(-c2ccc(Cl)cc2)no1)NCCN1CCN(c2ccccc2)CC1. The fraction of sp³-hybridized carbons (Fsp3) is 0.348. The van der Waals surface area contributed by atoms with Gasteiger partial charge >= 0.3 is 0 Å². The molecule has 2 heterocycles. The van der Waals surface area contributed by atoms with Crippen LogP contribution in [0.15, 0.2) is 59.1 Å². The third-order valence-corrected chi connectivity index (χ3v) is 5.63. The van der Waals surface area contributed by atoms with Gasteiger partial charge in [-0.3, -0.25) is 9.69 Å². The summed E-state index contributed by atoms with van der Waals surface area (Å²) in [6.45, 7) is 5.51. The molecular weight excluding hydrogens is 414 g/mol. The van der Waals surface area contributed by atoms with Crippen LogP contribution in [0.4, 0.5) is 5.69 Å². The zero-order valence-electron chi connectivity index (χ0n) is 17.3. The maximum absolute atomic E-state index is 12.2. The molecule has 0 radical (unpaired) electrons. The van der Waals surface area contributed by atoms with E-state index in [-0.39, 0.29) is 5.91 Å². The number of aromatic nitrogens is 2. The lowest BCUT2D eigenvalue weighted by Gasteiger charge is -2.36. The summed E-state index contributed by atoms with van der Waals surface area (Å²) in [4.78, 5) is 21.3. The summed E-state index contributed by atoms with van der Waals surface area (Å²) in [6, 6.07) is 17.7. The molecular formula is C23H26ClN5O2. The highest BCUT2D eigenvalue weighted by Gasteiger charge is 2.17. The number of nitrogens with one attached hydrogen (secondary N) is 1. The van der Waals surface area contributed by atoms with Crippen molar-refractivity contribution in [2.75, 3.05) is 44.2 Å². The van der Waals surface area contributed by atoms with Gasteiger partial charge in [0.25, 0.3) is 0 Å². The van der Waals surface area contributed by atoms with Crippen LogP contribution in [-0.2, 0) is 11.2 Å². The number of piperazine rings is 1. The van der Waals surface area contributed by atoms with E-state index in [9.17, 15) is 4.79 Å². The minimum Gasteiger partial charge on any atom is -0.369 e. The average Bonchev–Trinajstić information content (AvgIpc) is 3.28. The fourth-order valence-corrected chi connectivity index (χ4v) is 3.73. The molecule has 0 atom stereocenters. The Morgan fingerprint density at radius 1 is 1.03 bits per heavy atom. The lowest BCUT2D eigenvalue weighted by atomic mass is 10.2. The minimum atomic E-state index is -0.00540. The second-order valence-electron chi connectivity index (χ2n) is 7.53. The van der Waals surface area contributed by atoms with Crippen LogP contribution < -0.4 is 10.2 Å². The molecule has 0 spiro atoms. The van der Waals surface area contributed by atoms with E-state index in [1.807, 2.05) is 18.2 Å². The van der Waals surface area contributed by atoms with Crippen molar-refractivity contribution in [2.24, 2.45) is 0 Å². The van der Waals surface area contributed by atoms with E-state index in [4.69, 9.17) is 16.1 Å². The Morgan fingerprint density at radius 2 is 1.77 bits per heavy atom. The summed E-state index contributed by atoms with van der Waals surface area (Å²) in [7, 11) is 0. The van der Waals surface area contributed by atoms with Gasteiger partial charge in [0.2, 0.25) is 17.6 Å². The summed E-state index contributed by atoms with van der Waals surface area (Å²) >= 11 is 5.90. The van der Waals surface area contributed by atoms with Crippen LogP contribution in [0.5, 0.6) is 0 Å². The molecule has 0 saturated carbocycles. The van der Waals surface area contributed by atoms with Crippen LogP contribution in [0, 0.1) is 0 Å². The van der Waals surface area contributed by atoms with Crippen LogP contribution in [0.2, 0.25) is 5.02 Å². The molecule has 3 aromatic rings. The first-order valence-electron chi connectivity index (χ1n) is 10.5. The van der Waals surface area contributed by atoms with Crippen molar-refractivity contribution in [3.8, 4) is 11.4 Å². The first kappa shape index (κ1) is 21.3. The number of carbonyl (C=O) groups excluding carboxylic acids is 1. The van der Waals surface area contributed by atoms with Gasteiger partial charge in [-0.1, -0.05) is 35.0 Å². The van der Waals surface area contributed by atoms with Gasteiger partial charge in [0, 0.05) is 68.4 Å². The van der Waals surface area contributed by atoms with Crippen LogP contribution in [0.3, 0.4) is 0 Å². The largest absolute Gasteiger partial charge is 0.369 e. The smallest absolute Gasteiger partial charge is 0.227 e.